The van der Waals surface area contributed by atoms with Gasteiger partial charge in [0.1, 0.15) is 0 Å². The number of carbonyl (C=O) groups excluding carboxylic acids is 1. The van der Waals surface area contributed by atoms with Crippen LogP contribution >= 0.6 is 24.0 Å². The number of benzene rings is 1. The number of nitrogens with one attached hydrogen (secondary N) is 1. The van der Waals surface area contributed by atoms with Crippen LogP contribution < -0.4 is 5.32 Å². The molecule has 0 aliphatic carbocycles. The second kappa shape index (κ2) is 12.2. The molecule has 1 aliphatic rings. The summed E-state index contributed by atoms with van der Waals surface area (Å²) in [5.41, 5.74) is 2.64. The zero-order valence-electron chi connectivity index (χ0n) is 17.2. The minimum absolute atomic E-state index is 0. The molecule has 152 valence electrons. The Kier molecular flexibility index (Phi) is 10.7. The molecule has 0 bridgehead atoms. The predicted octanol–water partition coefficient (Wildman–Crippen LogP) is 3.67. The van der Waals surface area contributed by atoms with Crippen LogP contribution in [0.15, 0.2) is 29.3 Å². The van der Waals surface area contributed by atoms with Crippen molar-refractivity contribution in [3.05, 3.63) is 35.4 Å². The molecule has 1 saturated heterocycles. The molecule has 5 nitrogen and oxygen atoms in total. The van der Waals surface area contributed by atoms with Crippen molar-refractivity contribution in [1.82, 2.24) is 15.1 Å². The first kappa shape index (κ1) is 23.7. The van der Waals surface area contributed by atoms with Gasteiger partial charge in [0.2, 0.25) is 5.91 Å². The molecule has 1 atom stereocenters. The van der Waals surface area contributed by atoms with Gasteiger partial charge in [0.15, 0.2) is 5.96 Å². The first-order valence-electron chi connectivity index (χ1n) is 9.88. The molecule has 2 rings (SSSR count). The van der Waals surface area contributed by atoms with Crippen molar-refractivity contribution in [1.29, 1.82) is 0 Å². The maximum atomic E-state index is 12.0. The van der Waals surface area contributed by atoms with E-state index in [0.29, 0.717) is 18.4 Å². The van der Waals surface area contributed by atoms with E-state index < -0.39 is 0 Å². The lowest BCUT2D eigenvalue weighted by Crippen LogP contribution is -2.42. The molecule has 1 aliphatic heterocycles. The summed E-state index contributed by atoms with van der Waals surface area (Å²) in [7, 11) is 3.88. The molecule has 27 heavy (non-hydrogen) atoms. The van der Waals surface area contributed by atoms with E-state index in [-0.39, 0.29) is 24.0 Å². The fourth-order valence-electron chi connectivity index (χ4n) is 3.60. The normalized spacial score (nSPS) is 15.5. The first-order valence-corrected chi connectivity index (χ1v) is 9.88. The molecule has 0 saturated carbocycles. The van der Waals surface area contributed by atoms with E-state index in [2.05, 4.69) is 65.3 Å². The molecular weight excluding hydrogens is 451 g/mol. The van der Waals surface area contributed by atoms with Gasteiger partial charge >= 0.3 is 0 Å². The minimum atomic E-state index is 0. The third-order valence-electron chi connectivity index (χ3n) is 5.21. The fourth-order valence-corrected chi connectivity index (χ4v) is 3.60. The highest BCUT2D eigenvalue weighted by Crippen LogP contribution is 2.17. The molecule has 1 aromatic carbocycles. The molecule has 1 fully saturated rings. The molecule has 6 heteroatoms. The van der Waals surface area contributed by atoms with Crippen LogP contribution in [0, 0.1) is 0 Å². The Morgan fingerprint density at radius 3 is 2.44 bits per heavy atom. The smallest absolute Gasteiger partial charge is 0.222 e. The zero-order valence-corrected chi connectivity index (χ0v) is 19.5. The third-order valence-corrected chi connectivity index (χ3v) is 5.21. The van der Waals surface area contributed by atoms with Crippen LogP contribution in [-0.4, -0.2) is 54.9 Å². The number of rotatable bonds is 8. The molecule has 1 N–H and O–H groups in total. The number of aliphatic imine (C=N–C) groups is 1. The number of likely N-dealkylation sites (tertiary alicyclic amines) is 1. The Labute approximate surface area is 181 Å². The summed E-state index contributed by atoms with van der Waals surface area (Å²) in [4.78, 5) is 20.6. The van der Waals surface area contributed by atoms with Gasteiger partial charge in [-0.05, 0) is 36.8 Å². The Bertz CT molecular complexity index is 603. The van der Waals surface area contributed by atoms with E-state index in [1.807, 2.05) is 7.05 Å². The van der Waals surface area contributed by atoms with Crippen LogP contribution in [0.5, 0.6) is 0 Å². The Balaban J connectivity index is 0.00000364. The highest BCUT2D eigenvalue weighted by Gasteiger charge is 2.26. The summed E-state index contributed by atoms with van der Waals surface area (Å²) in [5.74, 6) is 1.21. The largest absolute Gasteiger partial charge is 0.356 e. The van der Waals surface area contributed by atoms with Crippen LogP contribution in [-0.2, 0) is 17.8 Å². The van der Waals surface area contributed by atoms with E-state index >= 15 is 0 Å². The maximum Gasteiger partial charge on any atom is 0.222 e. The number of carbonyl (C=O) groups is 1. The van der Waals surface area contributed by atoms with Crippen LogP contribution in [0.4, 0.5) is 0 Å². The van der Waals surface area contributed by atoms with Gasteiger partial charge in [0.25, 0.3) is 0 Å². The van der Waals surface area contributed by atoms with Crippen LogP contribution in [0.1, 0.15) is 50.7 Å². The molecular formula is C21H35IN4O. The number of hydrogen-bond acceptors (Lipinski definition) is 2. The van der Waals surface area contributed by atoms with Gasteiger partial charge in [-0.2, -0.15) is 0 Å². The Hall–Kier alpha value is -1.31. The Morgan fingerprint density at radius 2 is 1.93 bits per heavy atom. The highest BCUT2D eigenvalue weighted by atomic mass is 127. The van der Waals surface area contributed by atoms with Crippen molar-refractivity contribution in [3.8, 4) is 0 Å². The highest BCUT2D eigenvalue weighted by molar-refractivity contribution is 14.0. The van der Waals surface area contributed by atoms with E-state index in [4.69, 9.17) is 0 Å². The van der Waals surface area contributed by atoms with E-state index in [0.717, 1.165) is 51.3 Å². The quantitative estimate of drug-likeness (QED) is 0.347. The molecule has 0 radical (unpaired) electrons. The summed E-state index contributed by atoms with van der Waals surface area (Å²) < 4.78 is 0. The minimum Gasteiger partial charge on any atom is -0.356 e. The first-order chi connectivity index (χ1) is 12.6. The molecule has 1 aromatic rings. The van der Waals surface area contributed by atoms with Crippen LogP contribution in [0.2, 0.25) is 0 Å². The number of nitrogens with zero attached hydrogens (tertiary/aromatic N) is 3. The number of amides is 1. The summed E-state index contributed by atoms with van der Waals surface area (Å²) in [5, 5.41) is 3.45. The van der Waals surface area contributed by atoms with Gasteiger partial charge in [0, 0.05) is 46.2 Å². The number of guanidine groups is 1. The summed E-state index contributed by atoms with van der Waals surface area (Å²) >= 11 is 0. The average Bonchev–Trinajstić information content (AvgIpc) is 3.08. The van der Waals surface area contributed by atoms with Crippen molar-refractivity contribution in [2.24, 2.45) is 4.99 Å². The lowest BCUT2D eigenvalue weighted by atomic mass is 10.1. The van der Waals surface area contributed by atoms with Crippen molar-refractivity contribution in [3.63, 3.8) is 0 Å². The molecule has 0 spiro atoms. The lowest BCUT2D eigenvalue weighted by molar-refractivity contribution is -0.129. The second-order valence-electron chi connectivity index (χ2n) is 7.04. The Morgan fingerprint density at radius 1 is 1.26 bits per heavy atom. The van der Waals surface area contributed by atoms with Crippen molar-refractivity contribution < 1.29 is 4.79 Å². The SMILES string of the molecule is CCc1ccc(CN(C)C(=NC)NCCC(CC)N2CCCC2=O)cc1.I. The van der Waals surface area contributed by atoms with Gasteiger partial charge in [-0.25, -0.2) is 0 Å². The standard InChI is InChI=1S/C21H34N4O.HI/c1-5-17-9-11-18(12-10-17)16-24(4)21(22-3)23-14-13-19(6-2)25-15-7-8-20(25)26;/h9-12,19H,5-8,13-16H2,1-4H3,(H,22,23);1H. The number of aryl methyl sites for hydroxylation is 1. The van der Waals surface area contributed by atoms with Gasteiger partial charge < -0.3 is 15.1 Å². The monoisotopic (exact) mass is 486 g/mol. The molecule has 1 amide bonds. The van der Waals surface area contributed by atoms with E-state index in [9.17, 15) is 4.79 Å². The van der Waals surface area contributed by atoms with Crippen LogP contribution in [0.3, 0.4) is 0 Å². The van der Waals surface area contributed by atoms with Crippen molar-refractivity contribution in [2.75, 3.05) is 27.2 Å². The lowest BCUT2D eigenvalue weighted by Gasteiger charge is -2.28. The van der Waals surface area contributed by atoms with Crippen LogP contribution in [0.25, 0.3) is 0 Å². The van der Waals surface area contributed by atoms with E-state index in [1.165, 1.54) is 11.1 Å². The predicted molar refractivity (Wildman–Crippen MR) is 124 cm³/mol. The molecule has 0 aromatic heterocycles. The maximum absolute atomic E-state index is 12.0. The van der Waals surface area contributed by atoms with Gasteiger partial charge in [0.05, 0.1) is 0 Å². The molecule has 1 unspecified atom stereocenters. The topological polar surface area (TPSA) is 47.9 Å². The van der Waals surface area contributed by atoms with Crippen molar-refractivity contribution >= 4 is 35.8 Å². The third kappa shape index (κ3) is 6.97. The summed E-state index contributed by atoms with van der Waals surface area (Å²) in [6.07, 6.45) is 4.75. The van der Waals surface area contributed by atoms with Gasteiger partial charge in [-0.3, -0.25) is 9.79 Å². The molecule has 1 heterocycles. The van der Waals surface area contributed by atoms with Gasteiger partial charge in [-0.1, -0.05) is 38.1 Å². The van der Waals surface area contributed by atoms with Gasteiger partial charge in [-0.15, -0.1) is 24.0 Å². The summed E-state index contributed by atoms with van der Waals surface area (Å²) in [6.45, 7) is 6.91. The zero-order chi connectivity index (χ0) is 18.9. The average molecular weight is 486 g/mol. The van der Waals surface area contributed by atoms with Crippen molar-refractivity contribution in [2.45, 2.75) is 58.5 Å². The van der Waals surface area contributed by atoms with E-state index in [1.54, 1.807) is 0 Å². The second-order valence-corrected chi connectivity index (χ2v) is 7.04. The number of halogens is 1. The summed E-state index contributed by atoms with van der Waals surface area (Å²) in [6, 6.07) is 9.10. The fraction of sp³-hybridized carbons (Fsp3) is 0.619. The number of hydrogen-bond donors (Lipinski definition) is 1.